The summed E-state index contributed by atoms with van der Waals surface area (Å²) in [5, 5.41) is 5.11. The average Bonchev–Trinajstić information content (AvgIpc) is 3.90. The number of aryl methyl sites for hydroxylation is 2. The Labute approximate surface area is 394 Å². The summed E-state index contributed by atoms with van der Waals surface area (Å²) in [4.78, 5) is 2.52. The molecule has 0 bridgehead atoms. The molecule has 10 aromatic carbocycles. The highest BCUT2D eigenvalue weighted by molar-refractivity contribution is 7.02. The number of rotatable bonds is 3. The molecule has 0 fully saturated rings. The zero-order valence-corrected chi connectivity index (χ0v) is 37.5. The molecule has 0 saturated carbocycles. The second-order valence-corrected chi connectivity index (χ2v) is 19.2. The summed E-state index contributed by atoms with van der Waals surface area (Å²) in [6.45, 7) is 4.35. The van der Waals surface area contributed by atoms with Crippen LogP contribution in [-0.4, -0.2) is 22.6 Å². The first-order valence-corrected chi connectivity index (χ1v) is 23.8. The summed E-state index contributed by atoms with van der Waals surface area (Å²) in [5.74, 6) is 1.82. The predicted molar refractivity (Wildman–Crippen MR) is 286 cm³/mol. The minimum atomic E-state index is -0.0548. The van der Waals surface area contributed by atoms with E-state index in [9.17, 15) is 0 Å². The van der Waals surface area contributed by atoms with Crippen molar-refractivity contribution < 1.29 is 4.74 Å². The zero-order chi connectivity index (χ0) is 44.5. The number of hydrogen-bond acceptors (Lipinski definition) is 2. The van der Waals surface area contributed by atoms with Crippen LogP contribution in [-0.2, 0) is 0 Å². The Kier molecular flexibility index (Phi) is 7.08. The molecule has 68 heavy (non-hydrogen) atoms. The van der Waals surface area contributed by atoms with E-state index >= 15 is 0 Å². The van der Waals surface area contributed by atoms with Crippen LogP contribution in [0.15, 0.2) is 200 Å². The lowest BCUT2D eigenvalue weighted by molar-refractivity contribution is 0.487. The molecule has 0 spiro atoms. The SMILES string of the molecule is Cc1ccccc1-c1cc2c3c(c1)-n1c4ccccc4c4cccc(c41)B3c1cc3c(cc1O2)N(c1ccccc1)c1cc(-c2ccccc2C)cc2c1B3c1cccc3c4ccccc4n-2c13. The molecule has 4 aliphatic rings. The van der Waals surface area contributed by atoms with Gasteiger partial charge in [-0.2, -0.15) is 0 Å². The van der Waals surface area contributed by atoms with Gasteiger partial charge in [0.15, 0.2) is 0 Å². The second kappa shape index (κ2) is 13.1. The molecule has 6 heterocycles. The van der Waals surface area contributed by atoms with Gasteiger partial charge in [-0.05, 0) is 129 Å². The molecule has 6 heteroatoms. The Balaban J connectivity index is 1.04. The third-order valence-corrected chi connectivity index (χ3v) is 15.8. The van der Waals surface area contributed by atoms with E-state index in [2.05, 4.69) is 228 Å². The molecule has 2 aromatic heterocycles. The zero-order valence-electron chi connectivity index (χ0n) is 37.5. The lowest BCUT2D eigenvalue weighted by atomic mass is 9.31. The van der Waals surface area contributed by atoms with Crippen molar-refractivity contribution in [1.82, 2.24) is 9.13 Å². The summed E-state index contributed by atoms with van der Waals surface area (Å²) >= 11 is 0. The highest BCUT2D eigenvalue weighted by Crippen LogP contribution is 2.46. The van der Waals surface area contributed by atoms with Crippen molar-refractivity contribution in [1.29, 1.82) is 0 Å². The first-order chi connectivity index (χ1) is 33.6. The van der Waals surface area contributed by atoms with E-state index in [0.717, 1.165) is 28.4 Å². The van der Waals surface area contributed by atoms with Crippen LogP contribution in [0, 0.1) is 13.8 Å². The minimum Gasteiger partial charge on any atom is -0.458 e. The Morgan fingerprint density at radius 3 is 1.51 bits per heavy atom. The summed E-state index contributed by atoms with van der Waals surface area (Å²) in [6.07, 6.45) is 0. The van der Waals surface area contributed by atoms with Crippen molar-refractivity contribution in [2.45, 2.75) is 13.8 Å². The van der Waals surface area contributed by atoms with E-state index < -0.39 is 0 Å². The van der Waals surface area contributed by atoms with Gasteiger partial charge in [-0.3, -0.25) is 0 Å². The molecule has 0 aliphatic carbocycles. The fraction of sp³-hybridized carbons (Fsp3) is 0.0323. The summed E-state index contributed by atoms with van der Waals surface area (Å²) in [7, 11) is 0. The highest BCUT2D eigenvalue weighted by atomic mass is 16.5. The van der Waals surface area contributed by atoms with Gasteiger partial charge >= 0.3 is 0 Å². The lowest BCUT2D eigenvalue weighted by Crippen LogP contribution is -2.63. The summed E-state index contributed by atoms with van der Waals surface area (Å²) in [6, 6.07) is 74.9. The number of nitrogens with zero attached hydrogens (tertiary/aromatic N) is 3. The van der Waals surface area contributed by atoms with Gasteiger partial charge in [-0.15, -0.1) is 0 Å². The Bertz CT molecular complexity index is 4240. The van der Waals surface area contributed by atoms with Gasteiger partial charge in [-0.1, -0.05) is 146 Å². The van der Waals surface area contributed by atoms with Crippen LogP contribution in [0.4, 0.5) is 17.1 Å². The van der Waals surface area contributed by atoms with Crippen LogP contribution >= 0.6 is 0 Å². The Morgan fingerprint density at radius 1 is 0.368 bits per heavy atom. The monoisotopic (exact) mass is 863 g/mol. The van der Waals surface area contributed by atoms with Crippen molar-refractivity contribution in [2.24, 2.45) is 0 Å². The van der Waals surface area contributed by atoms with Crippen LogP contribution in [0.5, 0.6) is 11.5 Å². The molecule has 0 radical (unpaired) electrons. The predicted octanol–water partition coefficient (Wildman–Crippen LogP) is 11.4. The fourth-order valence-electron chi connectivity index (χ4n) is 13.0. The molecule has 4 nitrogen and oxygen atoms in total. The van der Waals surface area contributed by atoms with Crippen molar-refractivity contribution >= 4 is 107 Å². The topological polar surface area (TPSA) is 22.3 Å². The number of fused-ring (bicyclic) bond motifs is 14. The molecule has 0 atom stereocenters. The van der Waals surface area contributed by atoms with E-state index in [0.29, 0.717) is 0 Å². The van der Waals surface area contributed by atoms with Gasteiger partial charge in [0.25, 0.3) is 13.4 Å². The maximum absolute atomic E-state index is 7.49. The first kappa shape index (κ1) is 36.7. The quantitative estimate of drug-likeness (QED) is 0.165. The van der Waals surface area contributed by atoms with Gasteiger partial charge in [-0.25, -0.2) is 0 Å². The van der Waals surface area contributed by atoms with Gasteiger partial charge < -0.3 is 18.8 Å². The summed E-state index contributed by atoms with van der Waals surface area (Å²) < 4.78 is 12.6. The summed E-state index contributed by atoms with van der Waals surface area (Å²) in [5.41, 5.74) is 25.9. The van der Waals surface area contributed by atoms with Crippen LogP contribution in [0.25, 0.3) is 77.2 Å². The number of ether oxygens (including phenoxy) is 1. The standard InChI is InChI=1S/C62H39B2N3O/c1-36-16-6-8-20-41(36)38-30-54-59-55(31-38)66-51-28-12-10-22-43(51)45-24-14-26-47(61(45)66)63(59)49-34-50-57(35-53(49)65(54)40-18-4-3-5-19-40)68-58-33-39(42-21-9-7-17-37(42)2)32-56-60(58)64(50)48-27-15-25-46-44-23-11-13-29-52(44)67(56)62(46)48/h3-35H,1-2H3. The fourth-order valence-corrected chi connectivity index (χ4v) is 13.0. The van der Waals surface area contributed by atoms with Crippen molar-refractivity contribution in [3.8, 4) is 45.1 Å². The van der Waals surface area contributed by atoms with Gasteiger partial charge in [0.05, 0.1) is 11.0 Å². The maximum Gasteiger partial charge on any atom is 0.256 e. The van der Waals surface area contributed by atoms with Crippen LogP contribution in [0.1, 0.15) is 11.1 Å². The van der Waals surface area contributed by atoms with E-state index in [1.54, 1.807) is 0 Å². The number of hydrogen-bond donors (Lipinski definition) is 0. The number of benzene rings is 10. The largest absolute Gasteiger partial charge is 0.458 e. The molecular weight excluding hydrogens is 824 g/mol. The van der Waals surface area contributed by atoms with E-state index in [1.807, 2.05) is 0 Å². The molecular formula is C62H39B2N3O. The van der Waals surface area contributed by atoms with Crippen LogP contribution in [0.3, 0.4) is 0 Å². The molecule has 16 rings (SSSR count). The molecule has 12 aromatic rings. The highest BCUT2D eigenvalue weighted by Gasteiger charge is 2.46. The van der Waals surface area contributed by atoms with Gasteiger partial charge in [0.1, 0.15) is 11.5 Å². The van der Waals surface area contributed by atoms with Gasteiger partial charge in [0, 0.05) is 67.1 Å². The third kappa shape index (κ3) is 4.62. The van der Waals surface area contributed by atoms with Crippen molar-refractivity contribution in [3.63, 3.8) is 0 Å². The Hall–Kier alpha value is -8.47. The Morgan fingerprint density at radius 2 is 0.882 bits per heavy atom. The smallest absolute Gasteiger partial charge is 0.256 e. The maximum atomic E-state index is 7.49. The first-order valence-electron chi connectivity index (χ1n) is 23.8. The van der Waals surface area contributed by atoms with Crippen molar-refractivity contribution in [2.75, 3.05) is 4.90 Å². The number of aromatic nitrogens is 2. The second-order valence-electron chi connectivity index (χ2n) is 19.2. The molecule has 0 N–H and O–H groups in total. The molecule has 0 saturated heterocycles. The van der Waals surface area contributed by atoms with Crippen molar-refractivity contribution in [3.05, 3.63) is 211 Å². The number of anilines is 3. The van der Waals surface area contributed by atoms with Gasteiger partial charge in [0.2, 0.25) is 0 Å². The molecule has 0 amide bonds. The normalized spacial score (nSPS) is 13.5. The third-order valence-electron chi connectivity index (χ3n) is 15.8. The minimum absolute atomic E-state index is 0.0400. The molecule has 4 aliphatic heterocycles. The van der Waals surface area contributed by atoms with E-state index in [-0.39, 0.29) is 13.4 Å². The lowest BCUT2D eigenvalue weighted by Gasteiger charge is -2.42. The average molecular weight is 864 g/mol. The molecule has 0 unspecified atom stereocenters. The van der Waals surface area contributed by atoms with E-state index in [1.165, 1.54) is 121 Å². The van der Waals surface area contributed by atoms with Crippen LogP contribution in [0.2, 0.25) is 0 Å². The number of para-hydroxylation sites is 5. The van der Waals surface area contributed by atoms with Crippen LogP contribution < -0.4 is 42.4 Å². The van der Waals surface area contributed by atoms with E-state index in [4.69, 9.17) is 4.74 Å². The molecule has 314 valence electrons.